The zero-order valence-corrected chi connectivity index (χ0v) is 11.5. The molecule has 2 aromatic carbocycles. The summed E-state index contributed by atoms with van der Waals surface area (Å²) in [6.45, 7) is 4.55. The molecule has 4 heteroatoms. The minimum absolute atomic E-state index is 0.0424. The number of hydrogen-bond donors (Lipinski definition) is 1. The third-order valence-electron chi connectivity index (χ3n) is 3.03. The molecule has 20 heavy (non-hydrogen) atoms. The molecule has 0 atom stereocenters. The highest BCUT2D eigenvalue weighted by molar-refractivity contribution is 5.53. The minimum Gasteiger partial charge on any atom is -0.494 e. The summed E-state index contributed by atoms with van der Waals surface area (Å²) >= 11 is 0. The quantitative estimate of drug-likeness (QED) is 0.880. The summed E-state index contributed by atoms with van der Waals surface area (Å²) < 4.78 is 32.4. The van der Waals surface area contributed by atoms with Crippen molar-refractivity contribution in [2.75, 3.05) is 11.9 Å². The Hall–Kier alpha value is -2.10. The van der Waals surface area contributed by atoms with E-state index in [2.05, 4.69) is 5.32 Å². The van der Waals surface area contributed by atoms with Crippen LogP contribution in [0.25, 0.3) is 0 Å². The molecule has 0 amide bonds. The number of hydrogen-bond acceptors (Lipinski definition) is 2. The van der Waals surface area contributed by atoms with E-state index < -0.39 is 11.6 Å². The van der Waals surface area contributed by atoms with Crippen LogP contribution < -0.4 is 10.1 Å². The molecule has 0 spiro atoms. The Morgan fingerprint density at radius 3 is 2.40 bits per heavy atom. The van der Waals surface area contributed by atoms with Gasteiger partial charge in [-0.2, -0.15) is 0 Å². The number of halogens is 2. The van der Waals surface area contributed by atoms with E-state index in [0.29, 0.717) is 6.61 Å². The van der Waals surface area contributed by atoms with Crippen molar-refractivity contribution in [3.8, 4) is 5.75 Å². The largest absolute Gasteiger partial charge is 0.494 e. The summed E-state index contributed by atoms with van der Waals surface area (Å²) in [6.07, 6.45) is 0. The van der Waals surface area contributed by atoms with Gasteiger partial charge in [0.15, 0.2) is 0 Å². The minimum atomic E-state index is -0.541. The van der Waals surface area contributed by atoms with E-state index in [1.165, 1.54) is 18.2 Å². The average molecular weight is 277 g/mol. The fourth-order valence-electron chi connectivity index (χ4n) is 1.98. The lowest BCUT2D eigenvalue weighted by Gasteiger charge is -2.12. The lowest BCUT2D eigenvalue weighted by atomic mass is 10.1. The van der Waals surface area contributed by atoms with Crippen molar-refractivity contribution < 1.29 is 13.5 Å². The van der Waals surface area contributed by atoms with Crippen LogP contribution in [-0.2, 0) is 6.54 Å². The Kier molecular flexibility index (Phi) is 4.56. The molecule has 2 rings (SSSR count). The molecule has 0 radical (unpaired) electrons. The average Bonchev–Trinajstić information content (AvgIpc) is 2.40. The van der Waals surface area contributed by atoms with Crippen molar-refractivity contribution >= 4 is 5.69 Å². The Morgan fingerprint density at radius 2 is 1.80 bits per heavy atom. The van der Waals surface area contributed by atoms with Crippen LogP contribution in [0.3, 0.4) is 0 Å². The van der Waals surface area contributed by atoms with E-state index in [1.54, 1.807) is 0 Å². The molecule has 0 saturated heterocycles. The zero-order valence-electron chi connectivity index (χ0n) is 11.5. The topological polar surface area (TPSA) is 21.3 Å². The van der Waals surface area contributed by atoms with Crippen LogP contribution in [-0.4, -0.2) is 6.61 Å². The van der Waals surface area contributed by atoms with Crippen LogP contribution in [0.2, 0.25) is 0 Å². The fourth-order valence-corrected chi connectivity index (χ4v) is 1.98. The molecule has 0 aliphatic rings. The fraction of sp³-hybridized carbons (Fsp3) is 0.250. The van der Waals surface area contributed by atoms with Crippen LogP contribution in [0, 0.1) is 18.6 Å². The second-order valence-corrected chi connectivity index (χ2v) is 4.46. The molecule has 106 valence electrons. The molecule has 0 saturated carbocycles. The molecule has 0 aliphatic heterocycles. The Bertz CT molecular complexity index is 579. The molecular formula is C16H17F2NO. The molecule has 0 heterocycles. The first-order valence-electron chi connectivity index (χ1n) is 6.52. The summed E-state index contributed by atoms with van der Waals surface area (Å²) in [6, 6.07) is 9.44. The lowest BCUT2D eigenvalue weighted by molar-refractivity contribution is 0.340. The summed E-state index contributed by atoms with van der Waals surface area (Å²) in [5, 5.41) is 3.04. The van der Waals surface area contributed by atoms with Gasteiger partial charge in [0.05, 0.1) is 6.61 Å². The number of nitrogens with one attached hydrogen (secondary N) is 1. The smallest absolute Gasteiger partial charge is 0.131 e. The van der Waals surface area contributed by atoms with Gasteiger partial charge in [-0.15, -0.1) is 0 Å². The molecule has 0 aromatic heterocycles. The van der Waals surface area contributed by atoms with E-state index >= 15 is 0 Å². The predicted octanol–water partition coefficient (Wildman–Crippen LogP) is 4.28. The van der Waals surface area contributed by atoms with Crippen molar-refractivity contribution in [2.24, 2.45) is 0 Å². The maximum absolute atomic E-state index is 13.5. The van der Waals surface area contributed by atoms with E-state index in [0.717, 1.165) is 17.0 Å². The van der Waals surface area contributed by atoms with E-state index in [1.807, 2.05) is 32.0 Å². The van der Waals surface area contributed by atoms with Gasteiger partial charge in [-0.1, -0.05) is 6.07 Å². The molecule has 0 fully saturated rings. The van der Waals surface area contributed by atoms with Gasteiger partial charge < -0.3 is 10.1 Å². The van der Waals surface area contributed by atoms with Crippen molar-refractivity contribution in [1.29, 1.82) is 0 Å². The SMILES string of the molecule is CCOc1ccc(NCc2c(F)cccc2F)c(C)c1. The molecular weight excluding hydrogens is 260 g/mol. The first-order chi connectivity index (χ1) is 9.61. The standard InChI is InChI=1S/C16H17F2NO/c1-3-20-12-7-8-16(11(2)9-12)19-10-13-14(17)5-4-6-15(13)18/h4-9,19H,3,10H2,1-2H3. The molecule has 2 nitrogen and oxygen atoms in total. The third-order valence-corrected chi connectivity index (χ3v) is 3.03. The van der Waals surface area contributed by atoms with Crippen LogP contribution in [0.1, 0.15) is 18.1 Å². The molecule has 0 aliphatic carbocycles. The number of anilines is 1. The van der Waals surface area contributed by atoms with Gasteiger partial charge in [-0.25, -0.2) is 8.78 Å². The van der Waals surface area contributed by atoms with Crippen LogP contribution in [0.5, 0.6) is 5.75 Å². The van der Waals surface area contributed by atoms with Gasteiger partial charge in [0.25, 0.3) is 0 Å². The first kappa shape index (κ1) is 14.3. The number of aryl methyl sites for hydroxylation is 1. The highest BCUT2D eigenvalue weighted by Crippen LogP contribution is 2.22. The Morgan fingerprint density at radius 1 is 1.10 bits per heavy atom. The van der Waals surface area contributed by atoms with Crippen LogP contribution >= 0.6 is 0 Å². The van der Waals surface area contributed by atoms with Crippen molar-refractivity contribution in [1.82, 2.24) is 0 Å². The highest BCUT2D eigenvalue weighted by atomic mass is 19.1. The second-order valence-electron chi connectivity index (χ2n) is 4.46. The van der Waals surface area contributed by atoms with E-state index in [4.69, 9.17) is 4.74 Å². The Labute approximate surface area is 117 Å². The summed E-state index contributed by atoms with van der Waals surface area (Å²) in [5.41, 5.74) is 1.84. The van der Waals surface area contributed by atoms with Gasteiger partial charge in [-0.3, -0.25) is 0 Å². The Balaban J connectivity index is 2.11. The molecule has 2 aromatic rings. The summed E-state index contributed by atoms with van der Waals surface area (Å²) in [4.78, 5) is 0. The first-order valence-corrected chi connectivity index (χ1v) is 6.52. The maximum atomic E-state index is 13.5. The number of ether oxygens (including phenoxy) is 1. The number of benzene rings is 2. The monoisotopic (exact) mass is 277 g/mol. The second kappa shape index (κ2) is 6.37. The maximum Gasteiger partial charge on any atom is 0.131 e. The lowest BCUT2D eigenvalue weighted by Crippen LogP contribution is -2.05. The van der Waals surface area contributed by atoms with Gasteiger partial charge in [0.1, 0.15) is 17.4 Å². The van der Waals surface area contributed by atoms with Crippen LogP contribution in [0.15, 0.2) is 36.4 Å². The van der Waals surface area contributed by atoms with Crippen LogP contribution in [0.4, 0.5) is 14.5 Å². The number of rotatable bonds is 5. The van der Waals surface area contributed by atoms with Gasteiger partial charge in [0, 0.05) is 17.8 Å². The van der Waals surface area contributed by atoms with Crippen molar-refractivity contribution in [3.63, 3.8) is 0 Å². The van der Waals surface area contributed by atoms with Gasteiger partial charge >= 0.3 is 0 Å². The van der Waals surface area contributed by atoms with Gasteiger partial charge in [-0.05, 0) is 49.7 Å². The molecule has 0 bridgehead atoms. The summed E-state index contributed by atoms with van der Waals surface area (Å²) in [5.74, 6) is -0.296. The molecule has 0 unspecified atom stereocenters. The van der Waals surface area contributed by atoms with Crippen molar-refractivity contribution in [2.45, 2.75) is 20.4 Å². The summed E-state index contributed by atoms with van der Waals surface area (Å²) in [7, 11) is 0. The molecule has 1 N–H and O–H groups in total. The van der Waals surface area contributed by atoms with Crippen molar-refractivity contribution in [3.05, 3.63) is 59.2 Å². The van der Waals surface area contributed by atoms with Gasteiger partial charge in [0.2, 0.25) is 0 Å². The highest BCUT2D eigenvalue weighted by Gasteiger charge is 2.08. The van der Waals surface area contributed by atoms with E-state index in [-0.39, 0.29) is 12.1 Å². The third kappa shape index (κ3) is 3.26. The zero-order chi connectivity index (χ0) is 14.5. The normalized spacial score (nSPS) is 10.4. The van der Waals surface area contributed by atoms with E-state index in [9.17, 15) is 8.78 Å². The predicted molar refractivity (Wildman–Crippen MR) is 76.0 cm³/mol.